The normalized spacial score (nSPS) is 21.6. The number of fused-ring (bicyclic) bond motifs is 1. The van der Waals surface area contributed by atoms with Gasteiger partial charge < -0.3 is 20.0 Å². The fourth-order valence-corrected chi connectivity index (χ4v) is 3.53. The predicted molar refractivity (Wildman–Crippen MR) is 92.7 cm³/mol. The van der Waals surface area contributed by atoms with Gasteiger partial charge in [0.15, 0.2) is 0 Å². The zero-order valence-electron chi connectivity index (χ0n) is 14.1. The molecule has 1 aliphatic rings. The van der Waals surface area contributed by atoms with Gasteiger partial charge >= 0.3 is 0 Å². The monoisotopic (exact) mass is 315 g/mol. The van der Waals surface area contributed by atoms with E-state index >= 15 is 0 Å². The Morgan fingerprint density at radius 2 is 2.13 bits per heavy atom. The molecule has 0 spiro atoms. The number of aryl methyl sites for hydroxylation is 1. The van der Waals surface area contributed by atoms with Crippen molar-refractivity contribution in [3.63, 3.8) is 0 Å². The lowest BCUT2D eigenvalue weighted by Gasteiger charge is -2.27. The number of benzene rings is 1. The number of β-amino-alcohol motifs (C(OH)–C–C–N with tert-alkyl or cyclic N) is 1. The van der Waals surface area contributed by atoms with Crippen LogP contribution in [-0.4, -0.2) is 59.4 Å². The highest BCUT2D eigenvalue weighted by molar-refractivity contribution is 5.84. The summed E-state index contributed by atoms with van der Waals surface area (Å²) < 4.78 is 0. The summed E-state index contributed by atoms with van der Waals surface area (Å²) in [4.78, 5) is 8.92. The molecule has 23 heavy (non-hydrogen) atoms. The molecule has 2 heterocycles. The van der Waals surface area contributed by atoms with E-state index < -0.39 is 5.60 Å². The minimum absolute atomic E-state index is 0.0468. The van der Waals surface area contributed by atoms with Crippen molar-refractivity contribution >= 4 is 16.7 Å². The van der Waals surface area contributed by atoms with Crippen molar-refractivity contribution in [2.75, 3.05) is 38.6 Å². The quantitative estimate of drug-likeness (QED) is 0.896. The highest BCUT2D eigenvalue weighted by atomic mass is 16.3. The summed E-state index contributed by atoms with van der Waals surface area (Å²) in [7, 11) is 3.94. The van der Waals surface area contributed by atoms with Crippen molar-refractivity contribution in [3.05, 3.63) is 35.4 Å². The molecule has 2 aromatic rings. The average Bonchev–Trinajstić information content (AvgIpc) is 2.87. The largest absolute Gasteiger partial charge is 0.392 e. The number of pyridine rings is 1. The Morgan fingerprint density at radius 1 is 1.35 bits per heavy atom. The fourth-order valence-electron chi connectivity index (χ4n) is 3.53. The second-order valence-electron chi connectivity index (χ2n) is 6.91. The molecular formula is C18H25N3O2. The van der Waals surface area contributed by atoms with Crippen LogP contribution in [0.1, 0.15) is 17.5 Å². The summed E-state index contributed by atoms with van der Waals surface area (Å²) >= 11 is 0. The Morgan fingerprint density at radius 3 is 2.83 bits per heavy atom. The van der Waals surface area contributed by atoms with Gasteiger partial charge in [0.1, 0.15) is 5.82 Å². The molecule has 1 aliphatic heterocycles. The second-order valence-corrected chi connectivity index (χ2v) is 6.91. The Kier molecular flexibility index (Phi) is 4.27. The molecule has 5 nitrogen and oxygen atoms in total. The molecule has 0 bridgehead atoms. The van der Waals surface area contributed by atoms with Gasteiger partial charge in [-0.15, -0.1) is 0 Å². The second kappa shape index (κ2) is 6.07. The number of aliphatic hydroxyl groups excluding tert-OH is 1. The predicted octanol–water partition coefficient (Wildman–Crippen LogP) is 1.54. The van der Waals surface area contributed by atoms with E-state index in [2.05, 4.69) is 4.90 Å². The number of aliphatic hydroxyl groups is 2. The van der Waals surface area contributed by atoms with E-state index in [9.17, 15) is 10.2 Å². The Hall–Kier alpha value is -1.69. The number of anilines is 1. The highest BCUT2D eigenvalue weighted by Crippen LogP contribution is 2.31. The van der Waals surface area contributed by atoms with Crippen LogP contribution in [-0.2, 0) is 6.61 Å². The van der Waals surface area contributed by atoms with Crippen LogP contribution in [0.4, 0.5) is 5.82 Å². The zero-order valence-corrected chi connectivity index (χ0v) is 14.1. The molecule has 0 amide bonds. The molecule has 5 heteroatoms. The van der Waals surface area contributed by atoms with Crippen molar-refractivity contribution in [3.8, 4) is 0 Å². The van der Waals surface area contributed by atoms with Crippen molar-refractivity contribution in [2.45, 2.75) is 25.6 Å². The van der Waals surface area contributed by atoms with Crippen LogP contribution >= 0.6 is 0 Å². The lowest BCUT2D eigenvalue weighted by Crippen LogP contribution is -2.42. The standard InChI is InChI=1S/C18H25N3O2/c1-13-5-4-6-14-9-15(10-22)17(19-16(13)14)21-8-7-18(23,12-21)11-20(2)3/h4-6,9,22-23H,7-8,10-12H2,1-3H3/t18-/m0/s1. The van der Waals surface area contributed by atoms with Gasteiger partial charge in [0.2, 0.25) is 0 Å². The molecule has 1 aromatic carbocycles. The third kappa shape index (κ3) is 3.17. The zero-order chi connectivity index (χ0) is 16.6. The van der Waals surface area contributed by atoms with Crippen molar-refractivity contribution in [2.24, 2.45) is 0 Å². The van der Waals surface area contributed by atoms with E-state index in [4.69, 9.17) is 4.98 Å². The first-order valence-electron chi connectivity index (χ1n) is 8.04. The lowest BCUT2D eigenvalue weighted by molar-refractivity contribution is 0.0365. The van der Waals surface area contributed by atoms with E-state index in [0.717, 1.165) is 34.4 Å². The van der Waals surface area contributed by atoms with Gasteiger partial charge in [-0.25, -0.2) is 4.98 Å². The molecule has 124 valence electrons. The summed E-state index contributed by atoms with van der Waals surface area (Å²) in [5.41, 5.74) is 2.18. The fraction of sp³-hybridized carbons (Fsp3) is 0.500. The summed E-state index contributed by atoms with van der Waals surface area (Å²) in [5.74, 6) is 0.795. The first-order chi connectivity index (χ1) is 10.9. The highest BCUT2D eigenvalue weighted by Gasteiger charge is 2.37. The van der Waals surface area contributed by atoms with Crippen LogP contribution in [0, 0.1) is 6.92 Å². The molecule has 0 saturated carbocycles. The minimum Gasteiger partial charge on any atom is -0.392 e. The van der Waals surface area contributed by atoms with Crippen LogP contribution in [0.5, 0.6) is 0 Å². The molecule has 1 aromatic heterocycles. The lowest BCUT2D eigenvalue weighted by atomic mass is 10.0. The maximum absolute atomic E-state index is 10.8. The van der Waals surface area contributed by atoms with Crippen LogP contribution in [0.25, 0.3) is 10.9 Å². The third-order valence-corrected chi connectivity index (χ3v) is 4.52. The summed E-state index contributed by atoms with van der Waals surface area (Å²) in [5, 5.41) is 21.5. The van der Waals surface area contributed by atoms with Crippen molar-refractivity contribution in [1.82, 2.24) is 9.88 Å². The smallest absolute Gasteiger partial charge is 0.134 e. The van der Waals surface area contributed by atoms with Gasteiger partial charge in [0, 0.05) is 30.6 Å². The number of aromatic nitrogens is 1. The molecule has 0 unspecified atom stereocenters. The van der Waals surface area contributed by atoms with E-state index in [1.54, 1.807) is 0 Å². The van der Waals surface area contributed by atoms with Gasteiger partial charge in [-0.1, -0.05) is 18.2 Å². The van der Waals surface area contributed by atoms with Gasteiger partial charge in [-0.05, 0) is 39.1 Å². The van der Waals surface area contributed by atoms with Gasteiger partial charge in [0.25, 0.3) is 0 Å². The molecule has 1 fully saturated rings. The van der Waals surface area contributed by atoms with Crippen LogP contribution < -0.4 is 4.90 Å². The van der Waals surface area contributed by atoms with Gasteiger partial charge in [-0.2, -0.15) is 0 Å². The summed E-state index contributed by atoms with van der Waals surface area (Å²) in [6.07, 6.45) is 0.712. The first kappa shape index (κ1) is 16.2. The number of hydrogen-bond donors (Lipinski definition) is 2. The number of hydrogen-bond acceptors (Lipinski definition) is 5. The summed E-state index contributed by atoms with van der Waals surface area (Å²) in [6.45, 7) is 3.92. The molecule has 3 rings (SSSR count). The SMILES string of the molecule is Cc1cccc2cc(CO)c(N3CC[C@](O)(CN(C)C)C3)nc12. The van der Waals surface area contributed by atoms with Crippen molar-refractivity contribution in [1.29, 1.82) is 0 Å². The number of para-hydroxylation sites is 1. The Balaban J connectivity index is 1.98. The molecule has 0 radical (unpaired) electrons. The summed E-state index contributed by atoms with van der Waals surface area (Å²) in [6, 6.07) is 8.08. The number of likely N-dealkylation sites (N-methyl/N-ethyl adjacent to an activating group) is 1. The molecule has 1 saturated heterocycles. The van der Waals surface area contributed by atoms with E-state index in [1.165, 1.54) is 0 Å². The van der Waals surface area contributed by atoms with E-state index in [0.29, 0.717) is 19.5 Å². The average molecular weight is 315 g/mol. The molecular weight excluding hydrogens is 290 g/mol. The van der Waals surface area contributed by atoms with Gasteiger partial charge in [0.05, 0.1) is 17.7 Å². The molecule has 1 atom stereocenters. The maximum atomic E-state index is 10.8. The van der Waals surface area contributed by atoms with Crippen LogP contribution in [0.15, 0.2) is 24.3 Å². The van der Waals surface area contributed by atoms with Crippen molar-refractivity contribution < 1.29 is 10.2 Å². The third-order valence-electron chi connectivity index (χ3n) is 4.52. The minimum atomic E-state index is -0.724. The van der Waals surface area contributed by atoms with Crippen LogP contribution in [0.2, 0.25) is 0 Å². The number of nitrogens with zero attached hydrogens (tertiary/aromatic N) is 3. The van der Waals surface area contributed by atoms with Crippen LogP contribution in [0.3, 0.4) is 0 Å². The Bertz CT molecular complexity index is 717. The number of rotatable bonds is 4. The molecule has 2 N–H and O–H groups in total. The maximum Gasteiger partial charge on any atom is 0.134 e. The van der Waals surface area contributed by atoms with E-state index in [1.807, 2.05) is 50.2 Å². The van der Waals surface area contributed by atoms with E-state index in [-0.39, 0.29) is 6.61 Å². The van der Waals surface area contributed by atoms with Gasteiger partial charge in [-0.3, -0.25) is 0 Å². The first-order valence-corrected chi connectivity index (χ1v) is 8.04. The molecule has 0 aliphatic carbocycles. The topological polar surface area (TPSA) is 59.8 Å². The Labute approximate surface area is 137 Å².